The Hall–Kier alpha value is -1.23. The maximum absolute atomic E-state index is 10.8. The van der Waals surface area contributed by atoms with Crippen LogP contribution in [-0.4, -0.2) is 12.5 Å². The molecule has 0 aromatic rings. The minimum absolute atomic E-state index is 0.0183. The predicted octanol–water partition coefficient (Wildman–Crippen LogP) is 1.09. The molecule has 1 amide bonds. The predicted molar refractivity (Wildman–Crippen MR) is 45.9 cm³/mol. The van der Waals surface area contributed by atoms with Gasteiger partial charge in [-0.05, 0) is 6.42 Å². The minimum atomic E-state index is 0.0183. The van der Waals surface area contributed by atoms with Gasteiger partial charge < -0.3 is 5.32 Å². The van der Waals surface area contributed by atoms with E-state index >= 15 is 0 Å². The Labute approximate surface area is 67.7 Å². The maximum atomic E-state index is 10.8. The SMILES string of the molecule is C#CCCC(=O)NCCC=C. The largest absolute Gasteiger partial charge is 0.356 e. The Balaban J connectivity index is 3.24. The van der Waals surface area contributed by atoms with Gasteiger partial charge >= 0.3 is 0 Å². The smallest absolute Gasteiger partial charge is 0.220 e. The highest BCUT2D eigenvalue weighted by molar-refractivity contribution is 5.76. The minimum Gasteiger partial charge on any atom is -0.356 e. The zero-order valence-corrected chi connectivity index (χ0v) is 6.60. The number of terminal acetylenes is 1. The van der Waals surface area contributed by atoms with Crippen molar-refractivity contribution in [3.63, 3.8) is 0 Å². The van der Waals surface area contributed by atoms with Gasteiger partial charge in [0, 0.05) is 19.4 Å². The van der Waals surface area contributed by atoms with Crippen molar-refractivity contribution < 1.29 is 4.79 Å². The van der Waals surface area contributed by atoms with Crippen molar-refractivity contribution in [2.45, 2.75) is 19.3 Å². The average Bonchev–Trinajstić information content (AvgIpc) is 2.01. The van der Waals surface area contributed by atoms with E-state index in [4.69, 9.17) is 6.42 Å². The molecule has 0 unspecified atom stereocenters. The molecule has 0 spiro atoms. The first-order chi connectivity index (χ1) is 5.31. The Morgan fingerprint density at radius 3 is 3.00 bits per heavy atom. The van der Waals surface area contributed by atoms with E-state index in [1.165, 1.54) is 0 Å². The van der Waals surface area contributed by atoms with Gasteiger partial charge in [-0.25, -0.2) is 0 Å². The molecule has 0 saturated carbocycles. The second-order valence-electron chi connectivity index (χ2n) is 2.13. The molecule has 0 heterocycles. The first-order valence-electron chi connectivity index (χ1n) is 3.62. The number of hydrogen-bond donors (Lipinski definition) is 1. The molecule has 0 bridgehead atoms. The molecule has 0 fully saturated rings. The standard InChI is InChI=1S/C9H13NO/c1-3-5-7-9(11)10-8-6-4-2/h1,4H,2,5-8H2,(H,10,11). The van der Waals surface area contributed by atoms with E-state index in [0.29, 0.717) is 19.4 Å². The van der Waals surface area contributed by atoms with Crippen LogP contribution in [0.1, 0.15) is 19.3 Å². The third-order valence-electron chi connectivity index (χ3n) is 1.17. The van der Waals surface area contributed by atoms with Crippen molar-refractivity contribution in [1.82, 2.24) is 5.32 Å². The second-order valence-corrected chi connectivity index (χ2v) is 2.13. The zero-order chi connectivity index (χ0) is 8.53. The van der Waals surface area contributed by atoms with E-state index in [9.17, 15) is 4.79 Å². The van der Waals surface area contributed by atoms with Crippen LogP contribution in [0.4, 0.5) is 0 Å². The highest BCUT2D eigenvalue weighted by atomic mass is 16.1. The molecule has 0 aliphatic rings. The molecular formula is C9H13NO. The number of carbonyl (C=O) groups excluding carboxylic acids is 1. The molecule has 0 aromatic carbocycles. The van der Waals surface area contributed by atoms with Crippen LogP contribution in [-0.2, 0) is 4.79 Å². The Bertz CT molecular complexity index is 167. The van der Waals surface area contributed by atoms with Gasteiger partial charge in [0.05, 0.1) is 0 Å². The van der Waals surface area contributed by atoms with Crippen molar-refractivity contribution >= 4 is 5.91 Å². The summed E-state index contributed by atoms with van der Waals surface area (Å²) in [5, 5.41) is 2.71. The summed E-state index contributed by atoms with van der Waals surface area (Å²) in [4.78, 5) is 10.8. The first kappa shape index (κ1) is 9.77. The van der Waals surface area contributed by atoms with E-state index in [2.05, 4.69) is 17.8 Å². The molecule has 11 heavy (non-hydrogen) atoms. The van der Waals surface area contributed by atoms with E-state index in [0.717, 1.165) is 6.42 Å². The Kier molecular flexibility index (Phi) is 6.11. The Morgan fingerprint density at radius 2 is 2.45 bits per heavy atom. The fourth-order valence-corrected chi connectivity index (χ4v) is 0.588. The monoisotopic (exact) mass is 151 g/mol. The van der Waals surface area contributed by atoms with Crippen LogP contribution < -0.4 is 5.32 Å². The van der Waals surface area contributed by atoms with Crippen molar-refractivity contribution in [3.8, 4) is 12.3 Å². The number of carbonyl (C=O) groups is 1. The van der Waals surface area contributed by atoms with Gasteiger partial charge in [0.2, 0.25) is 5.91 Å². The second kappa shape index (κ2) is 6.88. The summed E-state index contributed by atoms with van der Waals surface area (Å²) in [6.07, 6.45) is 8.50. The van der Waals surface area contributed by atoms with Crippen LogP contribution in [0.15, 0.2) is 12.7 Å². The summed E-state index contributed by atoms with van der Waals surface area (Å²) in [5.74, 6) is 2.43. The molecule has 0 aliphatic carbocycles. The highest BCUT2D eigenvalue weighted by Gasteiger charge is 1.96. The molecule has 0 rings (SSSR count). The lowest BCUT2D eigenvalue weighted by molar-refractivity contribution is -0.120. The summed E-state index contributed by atoms with van der Waals surface area (Å²) >= 11 is 0. The molecule has 60 valence electrons. The molecule has 1 N–H and O–H groups in total. The van der Waals surface area contributed by atoms with E-state index in [1.807, 2.05) is 0 Å². The van der Waals surface area contributed by atoms with Crippen LogP contribution in [0.5, 0.6) is 0 Å². The molecule has 0 aromatic heterocycles. The van der Waals surface area contributed by atoms with Crippen molar-refractivity contribution in [3.05, 3.63) is 12.7 Å². The van der Waals surface area contributed by atoms with Crippen LogP contribution in [0, 0.1) is 12.3 Å². The normalized spacial score (nSPS) is 8.27. The van der Waals surface area contributed by atoms with Crippen LogP contribution >= 0.6 is 0 Å². The van der Waals surface area contributed by atoms with Crippen molar-refractivity contribution in [2.75, 3.05) is 6.54 Å². The number of hydrogen-bond acceptors (Lipinski definition) is 1. The molecule has 2 heteroatoms. The van der Waals surface area contributed by atoms with Gasteiger partial charge in [0.25, 0.3) is 0 Å². The summed E-state index contributed by atoms with van der Waals surface area (Å²) in [6, 6.07) is 0. The van der Waals surface area contributed by atoms with Gasteiger partial charge in [-0.3, -0.25) is 4.79 Å². The van der Waals surface area contributed by atoms with Crippen molar-refractivity contribution in [2.24, 2.45) is 0 Å². The van der Waals surface area contributed by atoms with E-state index in [-0.39, 0.29) is 5.91 Å². The van der Waals surface area contributed by atoms with Crippen LogP contribution in [0.25, 0.3) is 0 Å². The molecule has 2 nitrogen and oxygen atoms in total. The topological polar surface area (TPSA) is 29.1 Å². The molecule has 0 atom stereocenters. The summed E-state index contributed by atoms with van der Waals surface area (Å²) < 4.78 is 0. The lowest BCUT2D eigenvalue weighted by Gasteiger charge is -1.99. The number of rotatable bonds is 5. The average molecular weight is 151 g/mol. The molecule has 0 saturated heterocycles. The summed E-state index contributed by atoms with van der Waals surface area (Å²) in [7, 11) is 0. The fourth-order valence-electron chi connectivity index (χ4n) is 0.588. The Morgan fingerprint density at radius 1 is 1.73 bits per heavy atom. The van der Waals surface area contributed by atoms with E-state index < -0.39 is 0 Å². The van der Waals surface area contributed by atoms with Crippen LogP contribution in [0.3, 0.4) is 0 Å². The third kappa shape index (κ3) is 6.66. The quantitative estimate of drug-likeness (QED) is 0.356. The highest BCUT2D eigenvalue weighted by Crippen LogP contribution is 1.85. The van der Waals surface area contributed by atoms with Crippen LogP contribution in [0.2, 0.25) is 0 Å². The fraction of sp³-hybridized carbons (Fsp3) is 0.444. The molecular weight excluding hydrogens is 138 g/mol. The first-order valence-corrected chi connectivity index (χ1v) is 3.62. The summed E-state index contributed by atoms with van der Waals surface area (Å²) in [6.45, 7) is 4.20. The molecule has 0 aliphatic heterocycles. The summed E-state index contributed by atoms with van der Waals surface area (Å²) in [5.41, 5.74) is 0. The lowest BCUT2D eigenvalue weighted by Crippen LogP contribution is -2.23. The van der Waals surface area contributed by atoms with Gasteiger partial charge in [0.15, 0.2) is 0 Å². The van der Waals surface area contributed by atoms with Gasteiger partial charge in [-0.2, -0.15) is 0 Å². The number of nitrogens with one attached hydrogen (secondary N) is 1. The van der Waals surface area contributed by atoms with E-state index in [1.54, 1.807) is 6.08 Å². The lowest BCUT2D eigenvalue weighted by atomic mass is 10.3. The van der Waals surface area contributed by atoms with Gasteiger partial charge in [-0.1, -0.05) is 6.08 Å². The zero-order valence-electron chi connectivity index (χ0n) is 6.60. The molecule has 0 radical (unpaired) electrons. The van der Waals surface area contributed by atoms with Gasteiger partial charge in [0.1, 0.15) is 0 Å². The third-order valence-corrected chi connectivity index (χ3v) is 1.17. The van der Waals surface area contributed by atoms with Crippen molar-refractivity contribution in [1.29, 1.82) is 0 Å². The maximum Gasteiger partial charge on any atom is 0.220 e. The van der Waals surface area contributed by atoms with Gasteiger partial charge in [-0.15, -0.1) is 18.9 Å². The number of amides is 1.